The summed E-state index contributed by atoms with van der Waals surface area (Å²) >= 11 is 0. The molecule has 1 saturated heterocycles. The van der Waals surface area contributed by atoms with Crippen molar-refractivity contribution in [3.05, 3.63) is 35.4 Å². The maximum absolute atomic E-state index is 11.9. The molecule has 0 radical (unpaired) electrons. The van der Waals surface area contributed by atoms with Crippen molar-refractivity contribution in [1.29, 1.82) is 0 Å². The van der Waals surface area contributed by atoms with E-state index >= 15 is 0 Å². The number of carbonyl (C=O) groups is 1. The van der Waals surface area contributed by atoms with Crippen molar-refractivity contribution in [2.75, 3.05) is 33.3 Å². The van der Waals surface area contributed by atoms with Gasteiger partial charge in [-0.05, 0) is 55.9 Å². The molecule has 5 heteroatoms. The van der Waals surface area contributed by atoms with Crippen molar-refractivity contribution < 1.29 is 9.53 Å². The normalized spacial score (nSPS) is 16.1. The standard InChI is InChI=1S/C19H31N3O2/c1-16-8-12-22(13-9-16)11-5-10-20-19(23)21-14-17-6-3-4-7-18(17)15-24-2/h3-4,6-7,16H,5,8-15H2,1-2H3,(H2,20,21,23). The van der Waals surface area contributed by atoms with Crippen LogP contribution in [0.3, 0.4) is 0 Å². The van der Waals surface area contributed by atoms with Crippen molar-refractivity contribution in [2.45, 2.75) is 39.3 Å². The monoisotopic (exact) mass is 333 g/mol. The lowest BCUT2D eigenvalue weighted by Crippen LogP contribution is -2.38. The number of urea groups is 1. The van der Waals surface area contributed by atoms with E-state index in [1.54, 1.807) is 7.11 Å². The maximum Gasteiger partial charge on any atom is 0.315 e. The number of hydrogen-bond donors (Lipinski definition) is 2. The van der Waals surface area contributed by atoms with Crippen LogP contribution in [0.2, 0.25) is 0 Å². The Hall–Kier alpha value is -1.59. The SMILES string of the molecule is COCc1ccccc1CNC(=O)NCCCN1CCC(C)CC1. The highest BCUT2D eigenvalue weighted by atomic mass is 16.5. The maximum atomic E-state index is 11.9. The Labute approximate surface area is 145 Å². The molecule has 1 fully saturated rings. The minimum atomic E-state index is -0.102. The Kier molecular flexibility index (Phi) is 8.05. The lowest BCUT2D eigenvalue weighted by atomic mass is 9.99. The fourth-order valence-electron chi connectivity index (χ4n) is 3.05. The summed E-state index contributed by atoms with van der Waals surface area (Å²) in [6, 6.07) is 7.91. The summed E-state index contributed by atoms with van der Waals surface area (Å²) in [4.78, 5) is 14.4. The summed E-state index contributed by atoms with van der Waals surface area (Å²) in [5, 5.41) is 5.87. The van der Waals surface area contributed by atoms with Gasteiger partial charge in [0, 0.05) is 20.2 Å². The summed E-state index contributed by atoms with van der Waals surface area (Å²) in [5.74, 6) is 0.867. The minimum absolute atomic E-state index is 0.102. The number of ether oxygens (including phenoxy) is 1. The molecule has 5 nitrogen and oxygen atoms in total. The van der Waals surface area contributed by atoms with Crippen LogP contribution in [-0.4, -0.2) is 44.2 Å². The van der Waals surface area contributed by atoms with E-state index in [9.17, 15) is 4.79 Å². The Morgan fingerprint density at radius 2 is 1.92 bits per heavy atom. The molecule has 1 aromatic carbocycles. The number of likely N-dealkylation sites (tertiary alicyclic amines) is 1. The van der Waals surface area contributed by atoms with Gasteiger partial charge >= 0.3 is 6.03 Å². The third-order valence-electron chi connectivity index (χ3n) is 4.67. The van der Waals surface area contributed by atoms with Crippen LogP contribution < -0.4 is 10.6 Å². The molecule has 0 atom stereocenters. The van der Waals surface area contributed by atoms with E-state index in [1.165, 1.54) is 25.9 Å². The molecule has 0 saturated carbocycles. The minimum Gasteiger partial charge on any atom is -0.380 e. The molecule has 1 heterocycles. The first-order chi connectivity index (χ1) is 11.7. The average molecular weight is 333 g/mol. The summed E-state index contributed by atoms with van der Waals surface area (Å²) in [5.41, 5.74) is 2.21. The van der Waals surface area contributed by atoms with Gasteiger partial charge in [-0.25, -0.2) is 4.79 Å². The molecule has 1 aliphatic rings. The third kappa shape index (κ3) is 6.49. The van der Waals surface area contributed by atoms with E-state index in [-0.39, 0.29) is 6.03 Å². The number of benzene rings is 1. The second-order valence-electron chi connectivity index (χ2n) is 6.69. The quantitative estimate of drug-likeness (QED) is 0.719. The Bertz CT molecular complexity index is 499. The molecule has 2 N–H and O–H groups in total. The van der Waals surface area contributed by atoms with Crippen LogP contribution >= 0.6 is 0 Å². The van der Waals surface area contributed by atoms with Crippen molar-refractivity contribution >= 4 is 6.03 Å². The topological polar surface area (TPSA) is 53.6 Å². The van der Waals surface area contributed by atoms with E-state index in [4.69, 9.17) is 4.74 Å². The molecule has 0 bridgehead atoms. The van der Waals surface area contributed by atoms with Crippen LogP contribution in [0, 0.1) is 5.92 Å². The molecule has 0 aromatic heterocycles. The first-order valence-electron chi connectivity index (χ1n) is 8.99. The fraction of sp³-hybridized carbons (Fsp3) is 0.632. The number of carbonyl (C=O) groups excluding carboxylic acids is 1. The summed E-state index contributed by atoms with van der Waals surface area (Å²) in [6.07, 6.45) is 3.60. The van der Waals surface area contributed by atoms with Crippen LogP contribution in [0.15, 0.2) is 24.3 Å². The molecule has 0 spiro atoms. The van der Waals surface area contributed by atoms with Crippen molar-refractivity contribution in [2.24, 2.45) is 5.92 Å². The molecular weight excluding hydrogens is 302 g/mol. The second-order valence-corrected chi connectivity index (χ2v) is 6.69. The van der Waals surface area contributed by atoms with Crippen LogP contribution in [0.5, 0.6) is 0 Å². The Morgan fingerprint density at radius 1 is 1.21 bits per heavy atom. The fourth-order valence-corrected chi connectivity index (χ4v) is 3.05. The molecule has 0 unspecified atom stereocenters. The Morgan fingerprint density at radius 3 is 2.62 bits per heavy atom. The molecule has 0 aliphatic carbocycles. The predicted octanol–water partition coefficient (Wildman–Crippen LogP) is 2.75. The second kappa shape index (κ2) is 10.3. The molecule has 2 amide bonds. The zero-order valence-electron chi connectivity index (χ0n) is 15.0. The number of nitrogens with one attached hydrogen (secondary N) is 2. The average Bonchev–Trinajstić information content (AvgIpc) is 2.60. The van der Waals surface area contributed by atoms with Gasteiger partial charge in [0.2, 0.25) is 0 Å². The van der Waals surface area contributed by atoms with Crippen molar-refractivity contribution in [1.82, 2.24) is 15.5 Å². The van der Waals surface area contributed by atoms with Gasteiger partial charge in [0.1, 0.15) is 0 Å². The first-order valence-corrected chi connectivity index (χ1v) is 8.99. The smallest absolute Gasteiger partial charge is 0.315 e. The lowest BCUT2D eigenvalue weighted by Gasteiger charge is -2.30. The largest absolute Gasteiger partial charge is 0.380 e. The zero-order chi connectivity index (χ0) is 17.2. The van der Waals surface area contributed by atoms with E-state index in [0.29, 0.717) is 13.2 Å². The highest BCUT2D eigenvalue weighted by molar-refractivity contribution is 5.73. The summed E-state index contributed by atoms with van der Waals surface area (Å²) < 4.78 is 5.19. The van der Waals surface area contributed by atoms with Gasteiger partial charge in [0.05, 0.1) is 6.61 Å². The zero-order valence-corrected chi connectivity index (χ0v) is 15.0. The molecule has 1 aromatic rings. The van der Waals surface area contributed by atoms with Gasteiger partial charge in [-0.3, -0.25) is 0 Å². The van der Waals surface area contributed by atoms with Gasteiger partial charge in [-0.15, -0.1) is 0 Å². The van der Waals surface area contributed by atoms with E-state index in [2.05, 4.69) is 22.5 Å². The number of nitrogens with zero attached hydrogens (tertiary/aromatic N) is 1. The van der Waals surface area contributed by atoms with Gasteiger partial charge in [0.15, 0.2) is 0 Å². The third-order valence-corrected chi connectivity index (χ3v) is 4.67. The van der Waals surface area contributed by atoms with E-state index in [1.807, 2.05) is 24.3 Å². The molecule has 24 heavy (non-hydrogen) atoms. The van der Waals surface area contributed by atoms with Gasteiger partial charge in [-0.1, -0.05) is 31.2 Å². The lowest BCUT2D eigenvalue weighted by molar-refractivity contribution is 0.184. The number of amides is 2. The highest BCUT2D eigenvalue weighted by Crippen LogP contribution is 2.15. The summed E-state index contributed by atoms with van der Waals surface area (Å²) in [7, 11) is 1.68. The molecule has 1 aliphatic heterocycles. The molecule has 134 valence electrons. The highest BCUT2D eigenvalue weighted by Gasteiger charge is 2.14. The van der Waals surface area contributed by atoms with E-state index < -0.39 is 0 Å². The van der Waals surface area contributed by atoms with E-state index in [0.717, 1.165) is 36.6 Å². The van der Waals surface area contributed by atoms with Crippen LogP contribution in [-0.2, 0) is 17.9 Å². The van der Waals surface area contributed by atoms with Crippen LogP contribution in [0.25, 0.3) is 0 Å². The predicted molar refractivity (Wildman–Crippen MR) is 96.8 cm³/mol. The van der Waals surface area contributed by atoms with Crippen LogP contribution in [0.1, 0.15) is 37.3 Å². The van der Waals surface area contributed by atoms with Crippen LogP contribution in [0.4, 0.5) is 4.79 Å². The molecule has 2 rings (SSSR count). The van der Waals surface area contributed by atoms with Gasteiger partial charge in [0.25, 0.3) is 0 Å². The van der Waals surface area contributed by atoms with Crippen molar-refractivity contribution in [3.63, 3.8) is 0 Å². The summed E-state index contributed by atoms with van der Waals surface area (Å²) in [6.45, 7) is 7.60. The first kappa shape index (κ1) is 18.7. The van der Waals surface area contributed by atoms with Gasteiger partial charge in [-0.2, -0.15) is 0 Å². The number of methoxy groups -OCH3 is 1. The Balaban J connectivity index is 1.60. The van der Waals surface area contributed by atoms with Crippen molar-refractivity contribution in [3.8, 4) is 0 Å². The number of rotatable bonds is 8. The number of piperidine rings is 1. The number of hydrogen-bond acceptors (Lipinski definition) is 3. The van der Waals surface area contributed by atoms with Gasteiger partial charge < -0.3 is 20.3 Å². The molecular formula is C19H31N3O2.